The molecule has 0 amide bonds. The Balaban J connectivity index is 2.38. The molecule has 2 nitrogen and oxygen atoms in total. The minimum atomic E-state index is 0.744. The number of likely N-dealkylation sites (N-methyl/N-ethyl adjacent to an activating group) is 1. The predicted molar refractivity (Wildman–Crippen MR) is 69.0 cm³/mol. The molecule has 0 atom stereocenters. The van der Waals surface area contributed by atoms with Crippen LogP contribution in [-0.4, -0.2) is 31.1 Å². The molecule has 3 heteroatoms. The second-order valence-corrected chi connectivity index (χ2v) is 4.52. The fraction of sp³-hybridized carbons (Fsp3) is 0.500. The molecule has 0 saturated heterocycles. The van der Waals surface area contributed by atoms with Crippen LogP contribution in [-0.2, 0) is 6.42 Å². The molecule has 1 aromatic rings. The molecular weight excluding hydrogens is 252 g/mol. The minimum Gasteiger partial charge on any atom is -0.329 e. The van der Waals surface area contributed by atoms with Crippen LogP contribution in [0.25, 0.3) is 0 Å². The van der Waals surface area contributed by atoms with Gasteiger partial charge in [-0.3, -0.25) is 0 Å². The first-order valence-corrected chi connectivity index (χ1v) is 6.22. The van der Waals surface area contributed by atoms with Crippen molar-refractivity contribution in [3.05, 3.63) is 34.3 Å². The Morgan fingerprint density at radius 1 is 1.20 bits per heavy atom. The molecule has 0 unspecified atom stereocenters. The Kier molecular flexibility index (Phi) is 5.91. The average molecular weight is 271 g/mol. The van der Waals surface area contributed by atoms with Gasteiger partial charge in [-0.05, 0) is 30.7 Å². The van der Waals surface area contributed by atoms with Crippen molar-refractivity contribution in [2.75, 3.05) is 26.2 Å². The predicted octanol–water partition coefficient (Wildman–Crippen LogP) is 2.27. The van der Waals surface area contributed by atoms with Crippen LogP contribution in [0.3, 0.4) is 0 Å². The van der Waals surface area contributed by atoms with E-state index < -0.39 is 0 Å². The third-order valence-corrected chi connectivity index (χ3v) is 3.05. The van der Waals surface area contributed by atoms with E-state index >= 15 is 0 Å². The molecule has 0 bridgehead atoms. The maximum absolute atomic E-state index is 5.55. The van der Waals surface area contributed by atoms with Crippen LogP contribution in [0.5, 0.6) is 0 Å². The third kappa shape index (κ3) is 4.78. The highest BCUT2D eigenvalue weighted by Crippen LogP contribution is 2.11. The summed E-state index contributed by atoms with van der Waals surface area (Å²) in [5.41, 5.74) is 6.93. The van der Waals surface area contributed by atoms with Gasteiger partial charge in [0, 0.05) is 24.1 Å². The van der Waals surface area contributed by atoms with Crippen molar-refractivity contribution in [2.45, 2.75) is 13.3 Å². The van der Waals surface area contributed by atoms with Crippen LogP contribution in [0.2, 0.25) is 0 Å². The topological polar surface area (TPSA) is 29.3 Å². The summed E-state index contributed by atoms with van der Waals surface area (Å²) in [7, 11) is 0. The van der Waals surface area contributed by atoms with E-state index in [9.17, 15) is 0 Å². The van der Waals surface area contributed by atoms with E-state index in [0.717, 1.165) is 37.1 Å². The Morgan fingerprint density at radius 3 is 2.40 bits per heavy atom. The summed E-state index contributed by atoms with van der Waals surface area (Å²) < 4.78 is 1.14. The largest absolute Gasteiger partial charge is 0.329 e. The van der Waals surface area contributed by atoms with E-state index in [1.165, 1.54) is 5.56 Å². The molecule has 0 aliphatic carbocycles. The van der Waals surface area contributed by atoms with Crippen molar-refractivity contribution in [3.63, 3.8) is 0 Å². The summed E-state index contributed by atoms with van der Waals surface area (Å²) >= 11 is 3.44. The number of benzene rings is 1. The number of nitrogens with zero attached hydrogens (tertiary/aromatic N) is 1. The average Bonchev–Trinajstić information content (AvgIpc) is 2.26. The first kappa shape index (κ1) is 12.7. The molecule has 1 aromatic carbocycles. The van der Waals surface area contributed by atoms with Crippen LogP contribution in [0, 0.1) is 0 Å². The first-order valence-electron chi connectivity index (χ1n) is 5.43. The molecule has 0 radical (unpaired) electrons. The van der Waals surface area contributed by atoms with Crippen molar-refractivity contribution in [2.24, 2.45) is 5.73 Å². The van der Waals surface area contributed by atoms with Gasteiger partial charge in [-0.15, -0.1) is 0 Å². The zero-order valence-corrected chi connectivity index (χ0v) is 10.8. The maximum atomic E-state index is 5.55. The van der Waals surface area contributed by atoms with E-state index in [0.29, 0.717) is 0 Å². The Hall–Kier alpha value is -0.380. The molecule has 0 saturated carbocycles. The first-order chi connectivity index (χ1) is 7.26. The van der Waals surface area contributed by atoms with Gasteiger partial charge >= 0.3 is 0 Å². The SMILES string of the molecule is CCN(CCN)CCc1ccc(Br)cc1. The third-order valence-electron chi connectivity index (χ3n) is 2.52. The van der Waals surface area contributed by atoms with Crippen molar-refractivity contribution in [1.29, 1.82) is 0 Å². The molecule has 84 valence electrons. The second kappa shape index (κ2) is 6.99. The van der Waals surface area contributed by atoms with Gasteiger partial charge in [0.2, 0.25) is 0 Å². The van der Waals surface area contributed by atoms with E-state index in [-0.39, 0.29) is 0 Å². The standard InChI is InChI=1S/C12H19BrN2/c1-2-15(10-8-14)9-7-11-3-5-12(13)6-4-11/h3-6H,2,7-10,14H2,1H3. The quantitative estimate of drug-likeness (QED) is 0.860. The highest BCUT2D eigenvalue weighted by atomic mass is 79.9. The minimum absolute atomic E-state index is 0.744. The number of rotatable bonds is 6. The molecule has 0 spiro atoms. The number of hydrogen-bond donors (Lipinski definition) is 1. The lowest BCUT2D eigenvalue weighted by Gasteiger charge is -2.19. The molecule has 1 rings (SSSR count). The van der Waals surface area contributed by atoms with E-state index in [1.54, 1.807) is 0 Å². The highest BCUT2D eigenvalue weighted by molar-refractivity contribution is 9.10. The molecular formula is C12H19BrN2. The van der Waals surface area contributed by atoms with Gasteiger partial charge in [-0.25, -0.2) is 0 Å². The molecule has 0 aliphatic heterocycles. The van der Waals surface area contributed by atoms with Crippen LogP contribution in [0.1, 0.15) is 12.5 Å². The van der Waals surface area contributed by atoms with E-state index in [4.69, 9.17) is 5.73 Å². The monoisotopic (exact) mass is 270 g/mol. The number of halogens is 1. The fourth-order valence-corrected chi connectivity index (χ4v) is 1.81. The molecule has 0 fully saturated rings. The zero-order chi connectivity index (χ0) is 11.1. The van der Waals surface area contributed by atoms with E-state index in [2.05, 4.69) is 52.0 Å². The lowest BCUT2D eigenvalue weighted by atomic mass is 10.1. The molecule has 0 aliphatic rings. The van der Waals surface area contributed by atoms with Gasteiger partial charge in [0.05, 0.1) is 0 Å². The van der Waals surface area contributed by atoms with Gasteiger partial charge in [0.1, 0.15) is 0 Å². The van der Waals surface area contributed by atoms with Crippen molar-refractivity contribution in [3.8, 4) is 0 Å². The molecule has 2 N–H and O–H groups in total. The lowest BCUT2D eigenvalue weighted by Crippen LogP contribution is -2.31. The van der Waals surface area contributed by atoms with Gasteiger partial charge in [-0.1, -0.05) is 35.0 Å². The lowest BCUT2D eigenvalue weighted by molar-refractivity contribution is 0.300. The van der Waals surface area contributed by atoms with Crippen LogP contribution >= 0.6 is 15.9 Å². The summed E-state index contributed by atoms with van der Waals surface area (Å²) in [4.78, 5) is 2.38. The summed E-state index contributed by atoms with van der Waals surface area (Å²) in [6.07, 6.45) is 1.10. The van der Waals surface area contributed by atoms with Gasteiger partial charge < -0.3 is 10.6 Å². The Bertz CT molecular complexity index is 271. The fourth-order valence-electron chi connectivity index (χ4n) is 1.55. The van der Waals surface area contributed by atoms with Gasteiger partial charge in [-0.2, -0.15) is 0 Å². The summed E-state index contributed by atoms with van der Waals surface area (Å²) in [6, 6.07) is 8.52. The zero-order valence-electron chi connectivity index (χ0n) is 9.25. The second-order valence-electron chi connectivity index (χ2n) is 3.60. The Labute approximate surface area is 101 Å². The summed E-state index contributed by atoms with van der Waals surface area (Å²) in [6.45, 7) is 6.08. The van der Waals surface area contributed by atoms with Gasteiger partial charge in [0.15, 0.2) is 0 Å². The Morgan fingerprint density at radius 2 is 1.87 bits per heavy atom. The summed E-state index contributed by atoms with van der Waals surface area (Å²) in [5, 5.41) is 0. The van der Waals surface area contributed by atoms with Crippen molar-refractivity contribution < 1.29 is 0 Å². The number of nitrogens with two attached hydrogens (primary N) is 1. The molecule has 15 heavy (non-hydrogen) atoms. The molecule has 0 aromatic heterocycles. The van der Waals surface area contributed by atoms with Gasteiger partial charge in [0.25, 0.3) is 0 Å². The van der Waals surface area contributed by atoms with Crippen LogP contribution < -0.4 is 5.73 Å². The van der Waals surface area contributed by atoms with Crippen molar-refractivity contribution in [1.82, 2.24) is 4.90 Å². The maximum Gasteiger partial charge on any atom is 0.0175 e. The number of hydrogen-bond acceptors (Lipinski definition) is 2. The van der Waals surface area contributed by atoms with Crippen molar-refractivity contribution >= 4 is 15.9 Å². The van der Waals surface area contributed by atoms with Crippen LogP contribution in [0.15, 0.2) is 28.7 Å². The molecule has 0 heterocycles. The van der Waals surface area contributed by atoms with Crippen LogP contribution in [0.4, 0.5) is 0 Å². The summed E-state index contributed by atoms with van der Waals surface area (Å²) in [5.74, 6) is 0. The smallest absolute Gasteiger partial charge is 0.0175 e. The normalized spacial score (nSPS) is 10.9. The van der Waals surface area contributed by atoms with E-state index in [1.807, 2.05) is 0 Å². The highest BCUT2D eigenvalue weighted by Gasteiger charge is 2.01.